The zero-order valence-electron chi connectivity index (χ0n) is 9.94. The Labute approximate surface area is 96.5 Å². The minimum atomic E-state index is 0.132. The quantitative estimate of drug-likeness (QED) is 0.347. The summed E-state index contributed by atoms with van der Waals surface area (Å²) in [5, 5.41) is 7.79. The topological polar surface area (TPSA) is 50.9 Å². The molecule has 88 valence electrons. The average molecular weight is 221 g/mol. The van der Waals surface area contributed by atoms with Gasteiger partial charge in [-0.3, -0.25) is 5.41 Å². The van der Waals surface area contributed by atoms with E-state index in [9.17, 15) is 0 Å². The van der Waals surface area contributed by atoms with E-state index in [4.69, 9.17) is 10.1 Å². The maximum Gasteiger partial charge on any atom is 0.250 e. The van der Waals surface area contributed by atoms with Crippen LogP contribution in [0.25, 0.3) is 0 Å². The van der Waals surface area contributed by atoms with Gasteiger partial charge in [0.05, 0.1) is 6.61 Å². The number of rotatable bonds is 6. The van der Waals surface area contributed by atoms with Crippen LogP contribution in [-0.2, 0) is 4.74 Å². The van der Waals surface area contributed by atoms with E-state index in [1.165, 1.54) is 0 Å². The van der Waals surface area contributed by atoms with Gasteiger partial charge in [0.2, 0.25) is 5.90 Å². The van der Waals surface area contributed by atoms with E-state index in [1.807, 2.05) is 10.8 Å². The van der Waals surface area contributed by atoms with Crippen LogP contribution in [0.1, 0.15) is 38.6 Å². The van der Waals surface area contributed by atoms with Crippen LogP contribution >= 0.6 is 0 Å². The van der Waals surface area contributed by atoms with E-state index in [0.717, 1.165) is 12.8 Å². The molecule has 1 aromatic rings. The zero-order chi connectivity index (χ0) is 12.0. The van der Waals surface area contributed by atoms with Gasteiger partial charge in [0.25, 0.3) is 0 Å². The van der Waals surface area contributed by atoms with Crippen molar-refractivity contribution in [2.45, 2.75) is 32.7 Å². The molecule has 0 aromatic carbocycles. The van der Waals surface area contributed by atoms with Crippen LogP contribution in [0.15, 0.2) is 25.0 Å². The molecular formula is C12H19N3O. The molecule has 0 fully saturated rings. The highest BCUT2D eigenvalue weighted by atomic mass is 16.5. The van der Waals surface area contributed by atoms with E-state index >= 15 is 0 Å². The summed E-state index contributed by atoms with van der Waals surface area (Å²) < 4.78 is 7.26. The minimum Gasteiger partial charge on any atom is -0.475 e. The highest BCUT2D eigenvalue weighted by Crippen LogP contribution is 2.13. The summed E-state index contributed by atoms with van der Waals surface area (Å²) in [6, 6.07) is 0.334. The lowest BCUT2D eigenvalue weighted by Crippen LogP contribution is -2.16. The van der Waals surface area contributed by atoms with E-state index in [0.29, 0.717) is 18.5 Å². The van der Waals surface area contributed by atoms with Gasteiger partial charge < -0.3 is 9.30 Å². The molecule has 0 aliphatic carbocycles. The summed E-state index contributed by atoms with van der Waals surface area (Å²) >= 11 is 0. The number of ether oxygens (including phenoxy) is 1. The molecule has 0 bridgehead atoms. The van der Waals surface area contributed by atoms with E-state index in [-0.39, 0.29) is 5.90 Å². The Kier molecular flexibility index (Phi) is 4.76. The van der Waals surface area contributed by atoms with Crippen molar-refractivity contribution in [1.29, 1.82) is 5.41 Å². The van der Waals surface area contributed by atoms with E-state index in [2.05, 4.69) is 25.4 Å². The van der Waals surface area contributed by atoms with Gasteiger partial charge in [-0.1, -0.05) is 13.0 Å². The number of aromatic nitrogens is 2. The summed E-state index contributed by atoms with van der Waals surface area (Å²) in [4.78, 5) is 4.15. The molecule has 0 aliphatic rings. The fraction of sp³-hybridized carbons (Fsp3) is 0.500. The van der Waals surface area contributed by atoms with Gasteiger partial charge in [-0.25, -0.2) is 4.98 Å². The number of hydrogen-bond acceptors (Lipinski definition) is 3. The van der Waals surface area contributed by atoms with Crippen molar-refractivity contribution in [3.05, 3.63) is 30.9 Å². The Morgan fingerprint density at radius 2 is 2.50 bits per heavy atom. The summed E-state index contributed by atoms with van der Waals surface area (Å²) in [5.41, 5.74) is 0. The van der Waals surface area contributed by atoms with Gasteiger partial charge in [-0.2, -0.15) is 0 Å². The van der Waals surface area contributed by atoms with Gasteiger partial charge >= 0.3 is 0 Å². The summed E-state index contributed by atoms with van der Waals surface area (Å²) in [6.45, 7) is 8.30. The Balaban J connectivity index is 2.68. The average Bonchev–Trinajstić information content (AvgIpc) is 2.77. The second-order valence-electron chi connectivity index (χ2n) is 3.67. The number of imidazole rings is 1. The van der Waals surface area contributed by atoms with Crippen molar-refractivity contribution in [3.63, 3.8) is 0 Å². The van der Waals surface area contributed by atoms with Crippen molar-refractivity contribution >= 4 is 5.90 Å². The van der Waals surface area contributed by atoms with Crippen LogP contribution < -0.4 is 0 Å². The van der Waals surface area contributed by atoms with Crippen LogP contribution in [0, 0.1) is 5.41 Å². The van der Waals surface area contributed by atoms with Gasteiger partial charge in [-0.05, 0) is 19.8 Å². The maximum absolute atomic E-state index is 7.79. The first-order valence-corrected chi connectivity index (χ1v) is 5.56. The number of nitrogens with zero attached hydrogens (tertiary/aromatic N) is 2. The predicted octanol–water partition coefficient (Wildman–Crippen LogP) is 2.77. The van der Waals surface area contributed by atoms with Crippen molar-refractivity contribution in [2.24, 2.45) is 0 Å². The molecule has 0 amide bonds. The van der Waals surface area contributed by atoms with Gasteiger partial charge in [0.15, 0.2) is 5.82 Å². The van der Waals surface area contributed by atoms with Crippen LogP contribution in [0.5, 0.6) is 0 Å². The van der Waals surface area contributed by atoms with Crippen LogP contribution in [-0.4, -0.2) is 22.1 Å². The number of hydrogen-bond donors (Lipinski definition) is 1. The van der Waals surface area contributed by atoms with E-state index in [1.54, 1.807) is 12.3 Å². The number of nitrogens with one attached hydrogen (secondary N) is 1. The molecular weight excluding hydrogens is 202 g/mol. The lowest BCUT2D eigenvalue weighted by Gasteiger charge is -2.14. The molecule has 4 nitrogen and oxygen atoms in total. The monoisotopic (exact) mass is 221 g/mol. The van der Waals surface area contributed by atoms with Gasteiger partial charge in [-0.15, -0.1) is 6.58 Å². The molecule has 1 N–H and O–H groups in total. The van der Waals surface area contributed by atoms with Crippen molar-refractivity contribution in [1.82, 2.24) is 9.55 Å². The first kappa shape index (κ1) is 12.5. The smallest absolute Gasteiger partial charge is 0.250 e. The van der Waals surface area contributed by atoms with Crippen molar-refractivity contribution in [3.8, 4) is 0 Å². The molecule has 4 heteroatoms. The first-order valence-electron chi connectivity index (χ1n) is 5.56. The van der Waals surface area contributed by atoms with Crippen LogP contribution in [0.3, 0.4) is 0 Å². The lowest BCUT2D eigenvalue weighted by molar-refractivity contribution is 0.305. The maximum atomic E-state index is 7.79. The normalized spacial score (nSPS) is 12.1. The van der Waals surface area contributed by atoms with E-state index < -0.39 is 0 Å². The highest BCUT2D eigenvalue weighted by Gasteiger charge is 2.13. The molecule has 0 saturated carbocycles. The molecule has 0 spiro atoms. The minimum absolute atomic E-state index is 0.132. The summed E-state index contributed by atoms with van der Waals surface area (Å²) in [5.74, 6) is 0.727. The summed E-state index contributed by atoms with van der Waals surface area (Å²) in [6.07, 6.45) is 7.10. The molecule has 1 heterocycles. The highest BCUT2D eigenvalue weighted by molar-refractivity contribution is 5.87. The molecule has 1 rings (SSSR count). The fourth-order valence-corrected chi connectivity index (χ4v) is 1.35. The largest absolute Gasteiger partial charge is 0.475 e. The molecule has 0 aliphatic heterocycles. The molecule has 16 heavy (non-hydrogen) atoms. The molecule has 0 saturated heterocycles. The second kappa shape index (κ2) is 6.10. The Morgan fingerprint density at radius 3 is 3.12 bits per heavy atom. The van der Waals surface area contributed by atoms with Gasteiger partial charge in [0, 0.05) is 18.4 Å². The Morgan fingerprint density at radius 1 is 1.75 bits per heavy atom. The first-order chi connectivity index (χ1) is 7.70. The summed E-state index contributed by atoms with van der Waals surface area (Å²) in [7, 11) is 0. The molecule has 1 atom stereocenters. The molecule has 0 unspecified atom stereocenters. The van der Waals surface area contributed by atoms with Crippen LogP contribution in [0.2, 0.25) is 0 Å². The van der Waals surface area contributed by atoms with Crippen molar-refractivity contribution < 1.29 is 4.74 Å². The van der Waals surface area contributed by atoms with Crippen molar-refractivity contribution in [2.75, 3.05) is 6.61 Å². The molecule has 0 radical (unpaired) electrons. The second-order valence-corrected chi connectivity index (χ2v) is 3.67. The third-order valence-corrected chi connectivity index (χ3v) is 2.51. The SMILES string of the molecule is C=CCCOC(=N)c1nccn1[C@@H](C)CC. The molecule has 1 aromatic heterocycles. The van der Waals surface area contributed by atoms with Gasteiger partial charge in [0.1, 0.15) is 0 Å². The fourth-order valence-electron chi connectivity index (χ4n) is 1.35. The standard InChI is InChI=1S/C12H19N3O/c1-4-6-9-16-11(13)12-14-7-8-15(12)10(3)5-2/h4,7-8,10,13H,1,5-6,9H2,2-3H3/t10-/m0/s1. The third-order valence-electron chi connectivity index (χ3n) is 2.51. The Bertz CT molecular complexity index is 357. The third kappa shape index (κ3) is 2.95. The van der Waals surface area contributed by atoms with Crippen LogP contribution in [0.4, 0.5) is 0 Å². The zero-order valence-corrected chi connectivity index (χ0v) is 9.94. The Hall–Kier alpha value is -1.58. The lowest BCUT2D eigenvalue weighted by atomic mass is 10.2. The predicted molar refractivity (Wildman–Crippen MR) is 64.8 cm³/mol.